The van der Waals surface area contributed by atoms with E-state index < -0.39 is 19.9 Å². The van der Waals surface area contributed by atoms with E-state index >= 15 is 0 Å². The smallest absolute Gasteiger partial charge is 0.230 e. The second-order valence-corrected chi connectivity index (χ2v) is 15.2. The molecule has 0 saturated carbocycles. The summed E-state index contributed by atoms with van der Waals surface area (Å²) in [5.41, 5.74) is 1.82. The number of likely N-dealkylation sites (tertiary alicyclic amines) is 1. The van der Waals surface area contributed by atoms with Crippen LogP contribution >= 0.6 is 0 Å². The molecule has 0 spiro atoms. The van der Waals surface area contributed by atoms with E-state index in [2.05, 4.69) is 4.90 Å². The highest BCUT2D eigenvalue weighted by atomic mass is 32.2. The number of hydrogen-bond donors (Lipinski definition) is 0. The molecular formula is C29H40FN3O5S2. The number of sulfonamides is 1. The molecule has 40 heavy (non-hydrogen) atoms. The molecule has 0 bridgehead atoms. The highest BCUT2D eigenvalue weighted by Crippen LogP contribution is 2.26. The van der Waals surface area contributed by atoms with Crippen LogP contribution in [0.2, 0.25) is 0 Å². The van der Waals surface area contributed by atoms with Crippen LogP contribution in [0.15, 0.2) is 53.4 Å². The van der Waals surface area contributed by atoms with Crippen molar-refractivity contribution in [3.05, 3.63) is 59.9 Å². The summed E-state index contributed by atoms with van der Waals surface area (Å²) < 4.78 is 62.1. The summed E-state index contributed by atoms with van der Waals surface area (Å²) in [6.45, 7) is 3.99. The number of carbonyl (C=O) groups excluding carboxylic acids is 1. The van der Waals surface area contributed by atoms with Crippen molar-refractivity contribution >= 4 is 31.5 Å². The van der Waals surface area contributed by atoms with Crippen molar-refractivity contribution in [2.45, 2.75) is 43.4 Å². The molecule has 0 unspecified atom stereocenters. The quantitative estimate of drug-likeness (QED) is 0.418. The Balaban J connectivity index is 1.28. The summed E-state index contributed by atoms with van der Waals surface area (Å²) >= 11 is 0. The van der Waals surface area contributed by atoms with E-state index in [-0.39, 0.29) is 17.6 Å². The van der Waals surface area contributed by atoms with Crippen molar-refractivity contribution in [2.24, 2.45) is 11.8 Å². The number of anilines is 1. The fourth-order valence-electron chi connectivity index (χ4n) is 5.72. The molecule has 2 aromatic rings. The van der Waals surface area contributed by atoms with Gasteiger partial charge < -0.3 is 9.80 Å². The topological polar surface area (TPSA) is 95.1 Å². The minimum absolute atomic E-state index is 0.0274. The number of rotatable bonds is 10. The van der Waals surface area contributed by atoms with Crippen LogP contribution in [0.3, 0.4) is 0 Å². The van der Waals surface area contributed by atoms with Gasteiger partial charge in [-0.05, 0) is 106 Å². The third-order valence-corrected chi connectivity index (χ3v) is 10.5. The lowest BCUT2D eigenvalue weighted by atomic mass is 9.90. The molecule has 8 nitrogen and oxygen atoms in total. The molecule has 2 heterocycles. The van der Waals surface area contributed by atoms with E-state index in [0.717, 1.165) is 50.9 Å². The van der Waals surface area contributed by atoms with Gasteiger partial charge in [-0.3, -0.25) is 4.79 Å². The van der Waals surface area contributed by atoms with E-state index in [1.165, 1.54) is 28.9 Å². The number of amides is 1. The lowest BCUT2D eigenvalue weighted by Gasteiger charge is -2.34. The lowest BCUT2D eigenvalue weighted by molar-refractivity contribution is -0.123. The first-order valence-corrected chi connectivity index (χ1v) is 17.7. The van der Waals surface area contributed by atoms with Crippen LogP contribution < -0.4 is 4.90 Å². The van der Waals surface area contributed by atoms with Crippen LogP contribution in [0, 0.1) is 17.7 Å². The highest BCUT2D eigenvalue weighted by Gasteiger charge is 2.32. The second kappa shape index (κ2) is 13.1. The summed E-state index contributed by atoms with van der Waals surface area (Å²) in [6, 6.07) is 13.2. The monoisotopic (exact) mass is 593 g/mol. The molecule has 0 N–H and O–H groups in total. The molecule has 2 fully saturated rings. The van der Waals surface area contributed by atoms with Crippen molar-refractivity contribution in [1.29, 1.82) is 0 Å². The largest absolute Gasteiger partial charge is 0.312 e. The van der Waals surface area contributed by atoms with Gasteiger partial charge in [0.05, 0.1) is 11.2 Å². The fourth-order valence-corrected chi connectivity index (χ4v) is 7.22. The highest BCUT2D eigenvalue weighted by molar-refractivity contribution is 7.90. The molecule has 0 aliphatic carbocycles. The normalized spacial score (nSPS) is 18.6. The van der Waals surface area contributed by atoms with Gasteiger partial charge in [-0.15, -0.1) is 0 Å². The molecule has 2 aliphatic rings. The van der Waals surface area contributed by atoms with E-state index in [1.54, 1.807) is 29.2 Å². The summed E-state index contributed by atoms with van der Waals surface area (Å²) in [6.07, 6.45) is 7.21. The Morgan fingerprint density at radius 3 is 2.02 bits per heavy atom. The van der Waals surface area contributed by atoms with Gasteiger partial charge in [0.25, 0.3) is 0 Å². The second-order valence-electron chi connectivity index (χ2n) is 11.2. The number of hydrogen-bond acceptors (Lipinski definition) is 6. The summed E-state index contributed by atoms with van der Waals surface area (Å²) in [7, 11) is -6.45. The Morgan fingerprint density at radius 1 is 0.875 bits per heavy atom. The number of benzene rings is 2. The third-order valence-electron chi connectivity index (χ3n) is 8.12. The van der Waals surface area contributed by atoms with Crippen LogP contribution in [0.1, 0.15) is 37.7 Å². The SMILES string of the molecule is CS(=O)(=O)c1ccc(CC2CCN(CCCN(C(=O)C3CCN(S(C)(=O)=O)CC3)c3ccc(F)cc3)CC2)cc1. The molecule has 2 aliphatic heterocycles. The number of piperidine rings is 2. The van der Waals surface area contributed by atoms with Crippen LogP contribution in [0.25, 0.3) is 0 Å². The summed E-state index contributed by atoms with van der Waals surface area (Å²) in [5, 5.41) is 0. The van der Waals surface area contributed by atoms with Crippen LogP contribution in [0.5, 0.6) is 0 Å². The molecule has 2 aromatic carbocycles. The number of carbonyl (C=O) groups is 1. The van der Waals surface area contributed by atoms with Gasteiger partial charge in [0.1, 0.15) is 5.82 Å². The minimum atomic E-state index is -3.27. The van der Waals surface area contributed by atoms with Gasteiger partial charge in [0, 0.05) is 37.5 Å². The van der Waals surface area contributed by atoms with E-state index in [1.807, 2.05) is 12.1 Å². The van der Waals surface area contributed by atoms with E-state index in [9.17, 15) is 26.0 Å². The Bertz CT molecular complexity index is 1350. The number of nitrogens with zero attached hydrogens (tertiary/aromatic N) is 3. The maximum absolute atomic E-state index is 13.6. The first-order chi connectivity index (χ1) is 18.9. The lowest BCUT2D eigenvalue weighted by Crippen LogP contribution is -2.45. The molecule has 0 aromatic heterocycles. The molecule has 4 rings (SSSR count). The molecule has 1 amide bonds. The fraction of sp³-hybridized carbons (Fsp3) is 0.552. The summed E-state index contributed by atoms with van der Waals surface area (Å²) in [5.74, 6) is -0.0899. The van der Waals surface area contributed by atoms with Gasteiger partial charge in [0.2, 0.25) is 15.9 Å². The Morgan fingerprint density at radius 2 is 1.48 bits per heavy atom. The zero-order chi connectivity index (χ0) is 28.9. The minimum Gasteiger partial charge on any atom is -0.312 e. The molecule has 0 atom stereocenters. The van der Waals surface area contributed by atoms with Gasteiger partial charge >= 0.3 is 0 Å². The van der Waals surface area contributed by atoms with Crippen LogP contribution in [0.4, 0.5) is 10.1 Å². The average Bonchev–Trinajstić information content (AvgIpc) is 2.92. The summed E-state index contributed by atoms with van der Waals surface area (Å²) in [4.78, 5) is 18.0. The Labute approximate surface area is 238 Å². The van der Waals surface area contributed by atoms with E-state index in [0.29, 0.717) is 49.0 Å². The zero-order valence-electron chi connectivity index (χ0n) is 23.3. The number of sulfone groups is 1. The standard InChI is InChI=1S/C29H40FN3O5S2/c1-39(35,36)28-10-4-23(5-11-28)22-24-12-18-31(19-13-24)16-3-17-33(27-8-6-26(30)7-9-27)29(34)25-14-20-32(21-15-25)40(2,37)38/h4-11,24-25H,3,12-22H2,1-2H3. The van der Waals surface area contributed by atoms with Crippen molar-refractivity contribution in [2.75, 3.05) is 56.7 Å². The molecule has 0 radical (unpaired) electrons. The zero-order valence-corrected chi connectivity index (χ0v) is 25.0. The first kappa shape index (κ1) is 30.6. The molecule has 2 saturated heterocycles. The van der Waals surface area contributed by atoms with Gasteiger partial charge in [-0.2, -0.15) is 0 Å². The van der Waals surface area contributed by atoms with Crippen molar-refractivity contribution in [3.8, 4) is 0 Å². The van der Waals surface area contributed by atoms with Crippen molar-refractivity contribution < 1.29 is 26.0 Å². The van der Waals surface area contributed by atoms with Gasteiger partial charge in [-0.25, -0.2) is 25.5 Å². The Kier molecular flexibility index (Phi) is 10.0. The van der Waals surface area contributed by atoms with Crippen molar-refractivity contribution in [1.82, 2.24) is 9.21 Å². The van der Waals surface area contributed by atoms with Gasteiger partial charge in [0.15, 0.2) is 9.84 Å². The van der Waals surface area contributed by atoms with Gasteiger partial charge in [-0.1, -0.05) is 12.1 Å². The molecule has 220 valence electrons. The molecular weight excluding hydrogens is 553 g/mol. The Hall–Kier alpha value is -2.34. The van der Waals surface area contributed by atoms with Crippen LogP contribution in [-0.4, -0.2) is 83.7 Å². The van der Waals surface area contributed by atoms with Crippen molar-refractivity contribution in [3.63, 3.8) is 0 Å². The predicted molar refractivity (Wildman–Crippen MR) is 155 cm³/mol. The van der Waals surface area contributed by atoms with E-state index in [4.69, 9.17) is 0 Å². The average molecular weight is 594 g/mol. The third kappa shape index (κ3) is 8.34. The maximum atomic E-state index is 13.6. The maximum Gasteiger partial charge on any atom is 0.230 e. The van der Waals surface area contributed by atoms with Crippen LogP contribution in [-0.2, 0) is 31.1 Å². The first-order valence-electron chi connectivity index (χ1n) is 13.9. The predicted octanol–water partition coefficient (Wildman–Crippen LogP) is 3.58. The molecule has 11 heteroatoms. The number of halogens is 1.